The van der Waals surface area contributed by atoms with Gasteiger partial charge in [0.25, 0.3) is 0 Å². The first-order chi connectivity index (χ1) is 5.31. The number of nitrogens with two attached hydrogens (primary N) is 1. The molecule has 1 fully saturated rings. The van der Waals surface area contributed by atoms with E-state index in [2.05, 4.69) is 0 Å². The lowest BCUT2D eigenvalue weighted by atomic mass is 9.97. The second-order valence-corrected chi connectivity index (χ2v) is 2.85. The van der Waals surface area contributed by atoms with Crippen LogP contribution in [0.15, 0.2) is 0 Å². The molecule has 0 bridgehead atoms. The Morgan fingerprint density at radius 1 is 1.00 bits per heavy atom. The normalized spacial score (nSPS) is 18.8. The fourth-order valence-electron chi connectivity index (χ4n) is 1.13. The van der Waals surface area contributed by atoms with Crippen LogP contribution in [-0.4, -0.2) is 29.5 Å². The summed E-state index contributed by atoms with van der Waals surface area (Å²) < 4.78 is 0. The molecule has 0 aromatic heterocycles. The zero-order valence-corrected chi connectivity index (χ0v) is 7.00. The quantitative estimate of drug-likeness (QED) is 0.516. The zero-order valence-electron chi connectivity index (χ0n) is 7.00. The molecular formula is C8H19NO2. The van der Waals surface area contributed by atoms with Crippen molar-refractivity contribution in [2.24, 2.45) is 5.73 Å². The van der Waals surface area contributed by atoms with Gasteiger partial charge in [-0.3, -0.25) is 0 Å². The number of hydrogen-bond acceptors (Lipinski definition) is 3. The van der Waals surface area contributed by atoms with E-state index in [1.807, 2.05) is 0 Å². The Labute approximate surface area is 68.2 Å². The van der Waals surface area contributed by atoms with Crippen molar-refractivity contribution in [1.82, 2.24) is 0 Å². The minimum Gasteiger partial charge on any atom is -0.394 e. The molecule has 3 nitrogen and oxygen atoms in total. The maximum Gasteiger partial charge on any atom is 0.0662 e. The molecule has 68 valence electrons. The van der Waals surface area contributed by atoms with Gasteiger partial charge in [-0.1, -0.05) is 19.3 Å². The van der Waals surface area contributed by atoms with Crippen molar-refractivity contribution in [2.75, 3.05) is 13.2 Å². The topological polar surface area (TPSA) is 66.5 Å². The van der Waals surface area contributed by atoms with Gasteiger partial charge in [0.1, 0.15) is 0 Å². The van der Waals surface area contributed by atoms with Gasteiger partial charge in [-0.25, -0.2) is 0 Å². The zero-order chi connectivity index (χ0) is 8.53. The first-order valence-corrected chi connectivity index (χ1v) is 4.28. The van der Waals surface area contributed by atoms with E-state index < -0.39 is 0 Å². The van der Waals surface area contributed by atoms with Crippen molar-refractivity contribution in [3.8, 4) is 0 Å². The summed E-state index contributed by atoms with van der Waals surface area (Å²) in [6, 6.07) is 0.536. The average Bonchev–Trinajstić information content (AvgIpc) is 2.07. The van der Waals surface area contributed by atoms with Crippen molar-refractivity contribution in [3.63, 3.8) is 0 Å². The standard InChI is InChI=1S/C6H13N.C2H6O2/c7-6-4-2-1-3-5-6;3-1-2-4/h6H,1-5,7H2;3-4H,1-2H2. The molecule has 3 heteroatoms. The average molecular weight is 161 g/mol. The van der Waals surface area contributed by atoms with Gasteiger partial charge < -0.3 is 15.9 Å². The highest BCUT2D eigenvalue weighted by molar-refractivity contribution is 4.66. The minimum atomic E-state index is -0.125. The van der Waals surface area contributed by atoms with Crippen LogP contribution in [0.2, 0.25) is 0 Å². The molecule has 1 saturated carbocycles. The van der Waals surface area contributed by atoms with E-state index in [0.717, 1.165) is 0 Å². The van der Waals surface area contributed by atoms with Crippen molar-refractivity contribution in [3.05, 3.63) is 0 Å². The van der Waals surface area contributed by atoms with Gasteiger partial charge >= 0.3 is 0 Å². The molecule has 0 aliphatic heterocycles. The molecule has 1 aliphatic rings. The van der Waals surface area contributed by atoms with Crippen molar-refractivity contribution in [2.45, 2.75) is 38.1 Å². The van der Waals surface area contributed by atoms with Crippen molar-refractivity contribution >= 4 is 0 Å². The molecule has 0 heterocycles. The monoisotopic (exact) mass is 161 g/mol. The summed E-state index contributed by atoms with van der Waals surface area (Å²) in [5.74, 6) is 0. The molecule has 0 spiro atoms. The number of aliphatic hydroxyl groups excluding tert-OH is 2. The predicted octanol–water partition coefficient (Wildman–Crippen LogP) is 0.249. The van der Waals surface area contributed by atoms with Crippen LogP contribution in [0.5, 0.6) is 0 Å². The lowest BCUT2D eigenvalue weighted by molar-refractivity contribution is 0.186. The molecule has 0 aromatic rings. The van der Waals surface area contributed by atoms with Crippen LogP contribution in [0.4, 0.5) is 0 Å². The van der Waals surface area contributed by atoms with E-state index in [1.54, 1.807) is 0 Å². The molecule has 4 N–H and O–H groups in total. The smallest absolute Gasteiger partial charge is 0.0662 e. The molecular weight excluding hydrogens is 142 g/mol. The van der Waals surface area contributed by atoms with Gasteiger partial charge in [0.15, 0.2) is 0 Å². The lowest BCUT2D eigenvalue weighted by Crippen LogP contribution is -2.22. The second kappa shape index (κ2) is 7.98. The molecule has 0 saturated heterocycles. The molecule has 0 aromatic carbocycles. The Morgan fingerprint density at radius 3 is 1.64 bits per heavy atom. The SMILES string of the molecule is NC1CCCCC1.OCCO. The van der Waals surface area contributed by atoms with Crippen LogP contribution in [0.1, 0.15) is 32.1 Å². The summed E-state index contributed by atoms with van der Waals surface area (Å²) >= 11 is 0. The third-order valence-electron chi connectivity index (χ3n) is 1.75. The molecule has 0 radical (unpaired) electrons. The minimum absolute atomic E-state index is 0.125. The van der Waals surface area contributed by atoms with Crippen LogP contribution in [0.25, 0.3) is 0 Å². The van der Waals surface area contributed by atoms with Crippen LogP contribution >= 0.6 is 0 Å². The van der Waals surface area contributed by atoms with E-state index in [4.69, 9.17) is 15.9 Å². The fourth-order valence-corrected chi connectivity index (χ4v) is 1.13. The van der Waals surface area contributed by atoms with Crippen LogP contribution < -0.4 is 5.73 Å². The highest BCUT2D eigenvalue weighted by Crippen LogP contribution is 2.14. The Hall–Kier alpha value is -0.120. The Balaban J connectivity index is 0.000000218. The summed E-state index contributed by atoms with van der Waals surface area (Å²) in [5, 5.41) is 15.2. The largest absolute Gasteiger partial charge is 0.394 e. The van der Waals surface area contributed by atoms with Crippen molar-refractivity contribution < 1.29 is 10.2 Å². The van der Waals surface area contributed by atoms with E-state index in [9.17, 15) is 0 Å². The second-order valence-electron chi connectivity index (χ2n) is 2.85. The van der Waals surface area contributed by atoms with Crippen LogP contribution in [-0.2, 0) is 0 Å². The molecule has 0 unspecified atom stereocenters. The van der Waals surface area contributed by atoms with Crippen LogP contribution in [0.3, 0.4) is 0 Å². The number of rotatable bonds is 1. The highest BCUT2D eigenvalue weighted by atomic mass is 16.3. The molecule has 1 aliphatic carbocycles. The van der Waals surface area contributed by atoms with Crippen LogP contribution in [0, 0.1) is 0 Å². The summed E-state index contributed by atoms with van der Waals surface area (Å²) in [7, 11) is 0. The Bertz CT molecular complexity index is 70.5. The first kappa shape index (κ1) is 10.9. The van der Waals surface area contributed by atoms with Gasteiger partial charge in [-0.2, -0.15) is 0 Å². The van der Waals surface area contributed by atoms with Gasteiger partial charge in [0, 0.05) is 6.04 Å². The third kappa shape index (κ3) is 7.78. The summed E-state index contributed by atoms with van der Waals surface area (Å²) in [4.78, 5) is 0. The molecule has 1 rings (SSSR count). The van der Waals surface area contributed by atoms with Gasteiger partial charge in [-0.15, -0.1) is 0 Å². The van der Waals surface area contributed by atoms with E-state index in [1.165, 1.54) is 32.1 Å². The molecule has 0 amide bonds. The van der Waals surface area contributed by atoms with E-state index in [0.29, 0.717) is 6.04 Å². The summed E-state index contributed by atoms with van der Waals surface area (Å²) in [6.07, 6.45) is 6.66. The summed E-state index contributed by atoms with van der Waals surface area (Å²) in [5.41, 5.74) is 5.63. The molecule has 11 heavy (non-hydrogen) atoms. The van der Waals surface area contributed by atoms with Gasteiger partial charge in [0.2, 0.25) is 0 Å². The Morgan fingerprint density at radius 2 is 1.45 bits per heavy atom. The van der Waals surface area contributed by atoms with Crippen molar-refractivity contribution in [1.29, 1.82) is 0 Å². The predicted molar refractivity (Wildman–Crippen MR) is 45.2 cm³/mol. The first-order valence-electron chi connectivity index (χ1n) is 4.28. The Kier molecular flexibility index (Phi) is 7.89. The van der Waals surface area contributed by atoms with Gasteiger partial charge in [-0.05, 0) is 12.8 Å². The maximum absolute atomic E-state index is 7.62. The van der Waals surface area contributed by atoms with E-state index in [-0.39, 0.29) is 13.2 Å². The number of aliphatic hydroxyl groups is 2. The number of hydrogen-bond donors (Lipinski definition) is 3. The third-order valence-corrected chi connectivity index (χ3v) is 1.75. The fraction of sp³-hybridized carbons (Fsp3) is 1.00. The molecule has 0 atom stereocenters. The highest BCUT2D eigenvalue weighted by Gasteiger charge is 2.06. The maximum atomic E-state index is 7.62. The van der Waals surface area contributed by atoms with E-state index >= 15 is 0 Å². The van der Waals surface area contributed by atoms with Gasteiger partial charge in [0.05, 0.1) is 13.2 Å². The summed E-state index contributed by atoms with van der Waals surface area (Å²) in [6.45, 7) is -0.250. The lowest BCUT2D eigenvalue weighted by Gasteiger charge is -2.15.